The monoisotopic (exact) mass is 298 g/mol. The smallest absolute Gasteiger partial charge is 0.213 e. The van der Waals surface area contributed by atoms with E-state index < -0.39 is 0 Å². The van der Waals surface area contributed by atoms with Crippen LogP contribution < -0.4 is 5.32 Å². The maximum atomic E-state index is 13.2. The van der Waals surface area contributed by atoms with E-state index in [9.17, 15) is 4.39 Å². The molecule has 2 aromatic rings. The van der Waals surface area contributed by atoms with Crippen molar-refractivity contribution in [3.63, 3.8) is 0 Å². The first-order valence-electron chi connectivity index (χ1n) is 5.18. The van der Waals surface area contributed by atoms with E-state index in [0.717, 1.165) is 11.5 Å². The highest BCUT2D eigenvalue weighted by Gasteiger charge is 2.06. The Morgan fingerprint density at radius 1 is 1.41 bits per heavy atom. The van der Waals surface area contributed by atoms with Gasteiger partial charge in [-0.15, -0.1) is 0 Å². The SMILES string of the molecule is Cc1nc(CNc2ccc(Br)c(F)c2)oc1C. The minimum atomic E-state index is -0.297. The van der Waals surface area contributed by atoms with Crippen LogP contribution in [0.5, 0.6) is 0 Å². The molecule has 0 aliphatic carbocycles. The maximum Gasteiger partial charge on any atom is 0.213 e. The lowest BCUT2D eigenvalue weighted by molar-refractivity contribution is 0.478. The number of nitrogens with zero attached hydrogens (tertiary/aromatic N) is 1. The number of nitrogens with one attached hydrogen (secondary N) is 1. The normalized spacial score (nSPS) is 10.6. The summed E-state index contributed by atoms with van der Waals surface area (Å²) in [7, 11) is 0. The second-order valence-electron chi connectivity index (χ2n) is 3.73. The predicted molar refractivity (Wildman–Crippen MR) is 67.4 cm³/mol. The fourth-order valence-electron chi connectivity index (χ4n) is 1.40. The molecule has 17 heavy (non-hydrogen) atoms. The molecule has 0 aliphatic rings. The van der Waals surface area contributed by atoms with Gasteiger partial charge >= 0.3 is 0 Å². The molecule has 0 radical (unpaired) electrons. The molecule has 0 spiro atoms. The summed E-state index contributed by atoms with van der Waals surface area (Å²) in [6.45, 7) is 4.20. The summed E-state index contributed by atoms with van der Waals surface area (Å²) in [6, 6.07) is 4.87. The maximum absolute atomic E-state index is 13.2. The van der Waals surface area contributed by atoms with Gasteiger partial charge in [-0.2, -0.15) is 0 Å². The van der Waals surface area contributed by atoms with Gasteiger partial charge in [0.15, 0.2) is 0 Å². The van der Waals surface area contributed by atoms with Crippen molar-refractivity contribution >= 4 is 21.6 Å². The summed E-state index contributed by atoms with van der Waals surface area (Å²) in [5.74, 6) is 1.11. The number of hydrogen-bond acceptors (Lipinski definition) is 3. The fourth-order valence-corrected chi connectivity index (χ4v) is 1.65. The van der Waals surface area contributed by atoms with Gasteiger partial charge in [-0.1, -0.05) is 0 Å². The fraction of sp³-hybridized carbons (Fsp3) is 0.250. The van der Waals surface area contributed by atoms with Gasteiger partial charge in [0.2, 0.25) is 5.89 Å². The van der Waals surface area contributed by atoms with Gasteiger partial charge in [-0.25, -0.2) is 9.37 Å². The van der Waals surface area contributed by atoms with Gasteiger partial charge in [0, 0.05) is 5.69 Å². The van der Waals surface area contributed by atoms with E-state index in [-0.39, 0.29) is 5.82 Å². The number of aromatic nitrogens is 1. The molecule has 2 rings (SSSR count). The Morgan fingerprint density at radius 2 is 2.18 bits per heavy atom. The van der Waals surface area contributed by atoms with Gasteiger partial charge in [0.05, 0.1) is 16.7 Å². The molecule has 0 bridgehead atoms. The summed E-state index contributed by atoms with van der Waals surface area (Å²) >= 11 is 3.10. The van der Waals surface area contributed by atoms with Crippen LogP contribution in [0.4, 0.5) is 10.1 Å². The van der Waals surface area contributed by atoms with Crippen molar-refractivity contribution in [2.75, 3.05) is 5.32 Å². The van der Waals surface area contributed by atoms with Crippen molar-refractivity contribution in [2.24, 2.45) is 0 Å². The van der Waals surface area contributed by atoms with Crippen LogP contribution in [0.1, 0.15) is 17.3 Å². The molecule has 90 valence electrons. The van der Waals surface area contributed by atoms with E-state index in [1.165, 1.54) is 6.07 Å². The first-order valence-corrected chi connectivity index (χ1v) is 5.97. The van der Waals surface area contributed by atoms with E-state index in [1.54, 1.807) is 12.1 Å². The zero-order valence-electron chi connectivity index (χ0n) is 9.55. The number of halogens is 2. The van der Waals surface area contributed by atoms with E-state index in [2.05, 4.69) is 26.2 Å². The molecular formula is C12H12BrFN2O. The van der Waals surface area contributed by atoms with Crippen molar-refractivity contribution in [2.45, 2.75) is 20.4 Å². The minimum Gasteiger partial charge on any atom is -0.444 e. The number of benzene rings is 1. The second kappa shape index (κ2) is 4.87. The Labute approximate surface area is 107 Å². The molecule has 0 saturated heterocycles. The number of oxazole rings is 1. The topological polar surface area (TPSA) is 38.1 Å². The predicted octanol–water partition coefficient (Wildman–Crippen LogP) is 3.81. The van der Waals surface area contributed by atoms with Crippen LogP contribution >= 0.6 is 15.9 Å². The van der Waals surface area contributed by atoms with Gasteiger partial charge in [-0.05, 0) is 48.0 Å². The van der Waals surface area contributed by atoms with E-state index >= 15 is 0 Å². The zero-order valence-corrected chi connectivity index (χ0v) is 11.1. The van der Waals surface area contributed by atoms with Gasteiger partial charge < -0.3 is 9.73 Å². The van der Waals surface area contributed by atoms with Crippen molar-refractivity contribution in [1.29, 1.82) is 0 Å². The molecule has 0 unspecified atom stereocenters. The largest absolute Gasteiger partial charge is 0.444 e. The summed E-state index contributed by atoms with van der Waals surface area (Å²) < 4.78 is 19.1. The quantitative estimate of drug-likeness (QED) is 0.936. The molecule has 1 N–H and O–H groups in total. The molecule has 1 aromatic heterocycles. The molecular weight excluding hydrogens is 287 g/mol. The third kappa shape index (κ3) is 2.85. The van der Waals surface area contributed by atoms with Gasteiger partial charge in [0.25, 0.3) is 0 Å². The molecule has 0 fully saturated rings. The van der Waals surface area contributed by atoms with Crippen LogP contribution in [0, 0.1) is 19.7 Å². The highest BCUT2D eigenvalue weighted by molar-refractivity contribution is 9.10. The van der Waals surface area contributed by atoms with Crippen molar-refractivity contribution in [3.05, 3.63) is 45.8 Å². The lowest BCUT2D eigenvalue weighted by Gasteiger charge is -2.04. The van der Waals surface area contributed by atoms with E-state index in [0.29, 0.717) is 22.6 Å². The average molecular weight is 299 g/mol. The number of hydrogen-bond donors (Lipinski definition) is 1. The minimum absolute atomic E-state index is 0.297. The molecule has 0 saturated carbocycles. The van der Waals surface area contributed by atoms with Crippen LogP contribution in [0.25, 0.3) is 0 Å². The van der Waals surface area contributed by atoms with E-state index in [1.807, 2.05) is 13.8 Å². The molecule has 0 aliphatic heterocycles. The lowest BCUT2D eigenvalue weighted by atomic mass is 10.3. The Kier molecular flexibility index (Phi) is 3.47. The van der Waals surface area contributed by atoms with Crippen LogP contribution in [0.2, 0.25) is 0 Å². The van der Waals surface area contributed by atoms with Gasteiger partial charge in [0.1, 0.15) is 11.6 Å². The first-order chi connectivity index (χ1) is 8.06. The molecule has 0 atom stereocenters. The molecule has 5 heteroatoms. The Hall–Kier alpha value is -1.36. The molecule has 3 nitrogen and oxygen atoms in total. The van der Waals surface area contributed by atoms with Crippen molar-refractivity contribution in [1.82, 2.24) is 4.98 Å². The highest BCUT2D eigenvalue weighted by atomic mass is 79.9. The van der Waals surface area contributed by atoms with Crippen LogP contribution in [-0.2, 0) is 6.54 Å². The van der Waals surface area contributed by atoms with Gasteiger partial charge in [-0.3, -0.25) is 0 Å². The van der Waals surface area contributed by atoms with Crippen molar-refractivity contribution in [3.8, 4) is 0 Å². The second-order valence-corrected chi connectivity index (χ2v) is 4.59. The number of rotatable bonds is 3. The van der Waals surface area contributed by atoms with Crippen molar-refractivity contribution < 1.29 is 8.81 Å². The lowest BCUT2D eigenvalue weighted by Crippen LogP contribution is -2.00. The van der Waals surface area contributed by atoms with Crippen LogP contribution in [0.15, 0.2) is 27.1 Å². The van der Waals surface area contributed by atoms with E-state index in [4.69, 9.17) is 4.42 Å². The molecule has 1 aromatic carbocycles. The third-order valence-electron chi connectivity index (χ3n) is 2.44. The Bertz CT molecular complexity index is 520. The third-order valence-corrected chi connectivity index (χ3v) is 3.08. The number of anilines is 1. The average Bonchev–Trinajstić information content (AvgIpc) is 2.60. The standard InChI is InChI=1S/C12H12BrFN2O/c1-7-8(2)17-12(16-7)6-15-9-3-4-10(13)11(14)5-9/h3-5,15H,6H2,1-2H3. The summed E-state index contributed by atoms with van der Waals surface area (Å²) in [4.78, 5) is 4.23. The number of aryl methyl sites for hydroxylation is 2. The zero-order chi connectivity index (χ0) is 12.4. The van der Waals surface area contributed by atoms with Crippen LogP contribution in [0.3, 0.4) is 0 Å². The Morgan fingerprint density at radius 3 is 2.76 bits per heavy atom. The summed E-state index contributed by atoms with van der Waals surface area (Å²) in [5, 5.41) is 3.05. The van der Waals surface area contributed by atoms with Crippen LogP contribution in [-0.4, -0.2) is 4.98 Å². The summed E-state index contributed by atoms with van der Waals surface area (Å²) in [6.07, 6.45) is 0. The molecule has 0 amide bonds. The highest BCUT2D eigenvalue weighted by Crippen LogP contribution is 2.20. The molecule has 1 heterocycles. The Balaban J connectivity index is 2.04. The summed E-state index contributed by atoms with van der Waals surface area (Å²) in [5.41, 5.74) is 1.57. The first kappa shape index (κ1) is 12.1.